The van der Waals surface area contributed by atoms with Gasteiger partial charge < -0.3 is 14.8 Å². The number of carbonyl (C=O) groups is 1. The van der Waals surface area contributed by atoms with E-state index in [-0.39, 0.29) is 5.97 Å². The fourth-order valence-electron chi connectivity index (χ4n) is 2.31. The number of pyridine rings is 1. The summed E-state index contributed by atoms with van der Waals surface area (Å²) in [4.78, 5) is 16.2. The highest BCUT2D eigenvalue weighted by molar-refractivity contribution is 5.75. The van der Waals surface area contributed by atoms with Gasteiger partial charge in [0.05, 0.1) is 12.8 Å². The average Bonchev–Trinajstić information content (AvgIpc) is 2.61. The molecule has 0 spiro atoms. The van der Waals surface area contributed by atoms with Gasteiger partial charge in [0.15, 0.2) is 6.10 Å². The van der Waals surface area contributed by atoms with Gasteiger partial charge in [0.25, 0.3) is 0 Å². The highest BCUT2D eigenvalue weighted by Crippen LogP contribution is 2.21. The number of methoxy groups -OCH3 is 1. The first kappa shape index (κ1) is 17.0. The van der Waals surface area contributed by atoms with Crippen molar-refractivity contribution in [1.82, 2.24) is 4.98 Å². The summed E-state index contributed by atoms with van der Waals surface area (Å²) in [7, 11) is 3.25. The molecule has 1 aromatic heterocycles. The number of hydrogen-bond acceptors (Lipinski definition) is 5. The zero-order chi connectivity index (χ0) is 16.7. The number of hydrogen-bond donors (Lipinski definition) is 1. The minimum atomic E-state index is -0.592. The van der Waals surface area contributed by atoms with E-state index in [0.29, 0.717) is 13.0 Å². The van der Waals surface area contributed by atoms with Gasteiger partial charge >= 0.3 is 5.97 Å². The molecule has 0 aliphatic rings. The minimum Gasteiger partial charge on any atom is -0.467 e. The third kappa shape index (κ3) is 4.53. The highest BCUT2D eigenvalue weighted by atomic mass is 16.6. The molecule has 0 aliphatic carbocycles. The predicted octanol–water partition coefficient (Wildman–Crippen LogP) is 2.91. The standard InChI is InChI=1S/C18H22N2O3/c1-4-23-17(18(21)22-3)10-13-8-9-16(20-12-13)14-6-5-7-15(11-14)19-2/h5-9,11-12,17,19H,4,10H2,1-3H3/t17-/m0/s1. The van der Waals surface area contributed by atoms with Crippen molar-refractivity contribution in [2.75, 3.05) is 26.1 Å². The number of carbonyl (C=O) groups excluding carboxylic acids is 1. The van der Waals surface area contributed by atoms with Gasteiger partial charge in [-0.15, -0.1) is 0 Å². The number of nitrogens with one attached hydrogen (secondary N) is 1. The number of anilines is 1. The van der Waals surface area contributed by atoms with Crippen molar-refractivity contribution >= 4 is 11.7 Å². The quantitative estimate of drug-likeness (QED) is 0.796. The Balaban J connectivity index is 2.13. The third-order valence-corrected chi connectivity index (χ3v) is 3.52. The van der Waals surface area contributed by atoms with Gasteiger partial charge in [0.1, 0.15) is 0 Å². The maximum absolute atomic E-state index is 11.7. The van der Waals surface area contributed by atoms with E-state index in [1.165, 1.54) is 7.11 Å². The van der Waals surface area contributed by atoms with E-state index >= 15 is 0 Å². The van der Waals surface area contributed by atoms with E-state index in [1.807, 2.05) is 50.4 Å². The van der Waals surface area contributed by atoms with E-state index in [2.05, 4.69) is 10.3 Å². The number of esters is 1. The van der Waals surface area contributed by atoms with Crippen LogP contribution in [0.25, 0.3) is 11.3 Å². The van der Waals surface area contributed by atoms with Gasteiger partial charge in [-0.25, -0.2) is 4.79 Å². The smallest absolute Gasteiger partial charge is 0.335 e. The topological polar surface area (TPSA) is 60.5 Å². The fourth-order valence-corrected chi connectivity index (χ4v) is 2.31. The molecule has 0 radical (unpaired) electrons. The molecule has 0 saturated heterocycles. The van der Waals surface area contributed by atoms with Crippen molar-refractivity contribution in [3.05, 3.63) is 48.2 Å². The van der Waals surface area contributed by atoms with Crippen LogP contribution < -0.4 is 5.32 Å². The Morgan fingerprint density at radius 3 is 2.74 bits per heavy atom. The molecule has 122 valence electrons. The molecule has 0 unspecified atom stereocenters. The highest BCUT2D eigenvalue weighted by Gasteiger charge is 2.19. The summed E-state index contributed by atoms with van der Waals surface area (Å²) in [5, 5.41) is 3.11. The molecular weight excluding hydrogens is 292 g/mol. The molecule has 23 heavy (non-hydrogen) atoms. The maximum Gasteiger partial charge on any atom is 0.335 e. The molecule has 0 aliphatic heterocycles. The first-order valence-corrected chi connectivity index (χ1v) is 7.60. The van der Waals surface area contributed by atoms with Gasteiger partial charge in [0.2, 0.25) is 0 Å². The monoisotopic (exact) mass is 314 g/mol. The summed E-state index contributed by atoms with van der Waals surface area (Å²) in [6.45, 7) is 2.31. The molecule has 1 N–H and O–H groups in total. The second-order valence-corrected chi connectivity index (χ2v) is 5.05. The molecule has 5 nitrogen and oxygen atoms in total. The minimum absolute atomic E-state index is 0.363. The van der Waals surface area contributed by atoms with Crippen molar-refractivity contribution in [3.63, 3.8) is 0 Å². The number of rotatable bonds is 7. The van der Waals surface area contributed by atoms with Crippen molar-refractivity contribution in [2.24, 2.45) is 0 Å². The van der Waals surface area contributed by atoms with Crippen molar-refractivity contribution < 1.29 is 14.3 Å². The SMILES string of the molecule is CCO[C@@H](Cc1ccc(-c2cccc(NC)c2)nc1)C(=O)OC. The summed E-state index contributed by atoms with van der Waals surface area (Å²) in [6, 6.07) is 12.0. The summed E-state index contributed by atoms with van der Waals surface area (Å²) in [5.41, 5.74) is 3.90. The Labute approximate surface area is 136 Å². The summed E-state index contributed by atoms with van der Waals surface area (Å²) < 4.78 is 10.2. The van der Waals surface area contributed by atoms with Gasteiger partial charge in [-0.05, 0) is 30.7 Å². The van der Waals surface area contributed by atoms with Crippen molar-refractivity contribution in [2.45, 2.75) is 19.4 Å². The van der Waals surface area contributed by atoms with Gasteiger partial charge in [-0.1, -0.05) is 18.2 Å². The third-order valence-electron chi connectivity index (χ3n) is 3.52. The van der Waals surface area contributed by atoms with Crippen LogP contribution in [0.15, 0.2) is 42.6 Å². The lowest BCUT2D eigenvalue weighted by atomic mass is 10.1. The van der Waals surface area contributed by atoms with Crippen LogP contribution in [0.1, 0.15) is 12.5 Å². The fraction of sp³-hybridized carbons (Fsp3) is 0.333. The largest absolute Gasteiger partial charge is 0.467 e. The molecule has 1 aromatic carbocycles. The zero-order valence-electron chi connectivity index (χ0n) is 13.7. The Bertz CT molecular complexity index is 641. The number of nitrogens with zero attached hydrogens (tertiary/aromatic N) is 1. The van der Waals surface area contributed by atoms with Crippen LogP contribution in [0.5, 0.6) is 0 Å². The van der Waals surface area contributed by atoms with Crippen LogP contribution in [0.3, 0.4) is 0 Å². The number of benzene rings is 1. The summed E-state index contributed by atoms with van der Waals surface area (Å²) in [5.74, 6) is -0.363. The van der Waals surface area contributed by atoms with E-state index < -0.39 is 6.10 Å². The Morgan fingerprint density at radius 1 is 1.30 bits per heavy atom. The van der Waals surface area contributed by atoms with Crippen molar-refractivity contribution in [1.29, 1.82) is 0 Å². The molecule has 1 atom stereocenters. The molecule has 5 heteroatoms. The maximum atomic E-state index is 11.7. The first-order chi connectivity index (χ1) is 11.2. The molecular formula is C18H22N2O3. The molecule has 0 bridgehead atoms. The molecule has 1 heterocycles. The Hall–Kier alpha value is -2.40. The lowest BCUT2D eigenvalue weighted by molar-refractivity contribution is -0.153. The van der Waals surface area contributed by atoms with Crippen LogP contribution in [0, 0.1) is 0 Å². The predicted molar refractivity (Wildman–Crippen MR) is 90.4 cm³/mol. The second-order valence-electron chi connectivity index (χ2n) is 5.05. The zero-order valence-corrected chi connectivity index (χ0v) is 13.7. The Morgan fingerprint density at radius 2 is 2.13 bits per heavy atom. The molecule has 0 saturated carbocycles. The van der Waals surface area contributed by atoms with Crippen LogP contribution in [0.4, 0.5) is 5.69 Å². The lowest BCUT2D eigenvalue weighted by Gasteiger charge is -2.14. The van der Waals surface area contributed by atoms with Crippen LogP contribution in [-0.4, -0.2) is 37.8 Å². The van der Waals surface area contributed by atoms with Crippen molar-refractivity contribution in [3.8, 4) is 11.3 Å². The van der Waals surface area contributed by atoms with Crippen LogP contribution in [0.2, 0.25) is 0 Å². The molecule has 2 aromatic rings. The summed E-state index contributed by atoms with van der Waals surface area (Å²) in [6.07, 6.45) is 1.63. The van der Waals surface area contributed by atoms with E-state index in [4.69, 9.17) is 9.47 Å². The molecule has 0 fully saturated rings. The average molecular weight is 314 g/mol. The second kappa shape index (κ2) is 8.29. The lowest BCUT2D eigenvalue weighted by Crippen LogP contribution is -2.28. The van der Waals surface area contributed by atoms with E-state index in [0.717, 1.165) is 22.5 Å². The molecule has 0 amide bonds. The van der Waals surface area contributed by atoms with Gasteiger partial charge in [-0.2, -0.15) is 0 Å². The Kier molecular flexibility index (Phi) is 6.11. The van der Waals surface area contributed by atoms with E-state index in [9.17, 15) is 4.79 Å². The van der Waals surface area contributed by atoms with Gasteiger partial charge in [-0.3, -0.25) is 4.98 Å². The molecule has 2 rings (SSSR count). The van der Waals surface area contributed by atoms with Crippen LogP contribution in [-0.2, 0) is 20.7 Å². The number of ether oxygens (including phenoxy) is 2. The van der Waals surface area contributed by atoms with Gasteiger partial charge in [0, 0.05) is 37.5 Å². The first-order valence-electron chi connectivity index (χ1n) is 7.60. The van der Waals surface area contributed by atoms with E-state index in [1.54, 1.807) is 6.20 Å². The number of aromatic nitrogens is 1. The summed E-state index contributed by atoms with van der Waals surface area (Å²) >= 11 is 0. The normalized spacial score (nSPS) is 11.8. The van der Waals surface area contributed by atoms with Crippen LogP contribution >= 0.6 is 0 Å².